The molecule has 7 heteroatoms. The molecule has 1 aliphatic rings. The number of likely N-dealkylation sites (N-methyl/N-ethyl adjacent to an activating group) is 1. The predicted molar refractivity (Wildman–Crippen MR) is 93.6 cm³/mol. The lowest BCUT2D eigenvalue weighted by Gasteiger charge is -2.32. The Hall–Kier alpha value is -1.15. The number of methoxy groups -OCH3 is 2. The van der Waals surface area contributed by atoms with Gasteiger partial charge in [0.15, 0.2) is 12.0 Å². The first-order valence-electron chi connectivity index (χ1n) is 8.84. The molecule has 146 valence electrons. The van der Waals surface area contributed by atoms with Crippen molar-refractivity contribution in [2.45, 2.75) is 45.7 Å². The highest BCUT2D eigenvalue weighted by Gasteiger charge is 2.31. The Labute approximate surface area is 150 Å². The monoisotopic (exact) mass is 359 g/mol. The number of aliphatic hydroxyl groups excluding tert-OH is 1. The van der Waals surface area contributed by atoms with E-state index in [0.29, 0.717) is 31.2 Å². The number of hydrogen-bond donors (Lipinski definition) is 1. The summed E-state index contributed by atoms with van der Waals surface area (Å²) in [7, 11) is 4.76. The minimum atomic E-state index is -0.482. The van der Waals surface area contributed by atoms with E-state index in [1.807, 2.05) is 6.08 Å². The summed E-state index contributed by atoms with van der Waals surface area (Å²) in [6, 6.07) is 0. The Morgan fingerprint density at radius 1 is 1.36 bits per heavy atom. The third-order valence-corrected chi connectivity index (χ3v) is 4.31. The average Bonchev–Trinajstić information content (AvgIpc) is 2.62. The Bertz CT molecular complexity index is 422. The van der Waals surface area contributed by atoms with Crippen LogP contribution in [0.25, 0.3) is 0 Å². The number of ether oxygens (including phenoxy) is 4. The molecule has 0 spiro atoms. The second-order valence-corrected chi connectivity index (χ2v) is 6.61. The number of aliphatic hydroxyl groups is 1. The van der Waals surface area contributed by atoms with E-state index in [2.05, 4.69) is 13.8 Å². The maximum Gasteiger partial charge on any atom is 0.288 e. The van der Waals surface area contributed by atoms with Crippen molar-refractivity contribution in [3.05, 3.63) is 11.8 Å². The molecule has 1 heterocycles. The lowest BCUT2D eigenvalue weighted by Crippen LogP contribution is -2.39. The van der Waals surface area contributed by atoms with E-state index in [4.69, 9.17) is 24.1 Å². The van der Waals surface area contributed by atoms with Gasteiger partial charge in [-0.2, -0.15) is 0 Å². The summed E-state index contributed by atoms with van der Waals surface area (Å²) in [5.41, 5.74) is 0. The van der Waals surface area contributed by atoms with E-state index < -0.39 is 12.6 Å². The molecule has 1 amide bonds. The molecule has 0 bridgehead atoms. The molecule has 0 aromatic heterocycles. The van der Waals surface area contributed by atoms with Crippen molar-refractivity contribution in [2.24, 2.45) is 11.8 Å². The highest BCUT2D eigenvalue weighted by atomic mass is 16.7. The number of nitrogens with zero attached hydrogens (tertiary/aromatic N) is 1. The smallest absolute Gasteiger partial charge is 0.288 e. The average molecular weight is 359 g/mol. The summed E-state index contributed by atoms with van der Waals surface area (Å²) < 4.78 is 21.8. The quantitative estimate of drug-likeness (QED) is 0.447. The largest absolute Gasteiger partial charge is 0.459 e. The van der Waals surface area contributed by atoms with Crippen LogP contribution in [-0.4, -0.2) is 69.5 Å². The number of amides is 1. The zero-order valence-electron chi connectivity index (χ0n) is 16.1. The van der Waals surface area contributed by atoms with Crippen LogP contribution in [0.2, 0.25) is 0 Å². The van der Waals surface area contributed by atoms with Gasteiger partial charge in [0.05, 0.1) is 13.2 Å². The summed E-state index contributed by atoms with van der Waals surface area (Å²) in [5, 5.41) is 8.84. The summed E-state index contributed by atoms with van der Waals surface area (Å²) in [5.74, 6) is 0.690. The molecule has 0 saturated heterocycles. The molecule has 0 radical (unpaired) electrons. The SMILES string of the molecule is COC(CN(C)C(=O)C1=C[C@@H](C(C)C)C[C@@H](OCCCCO)O1)OC. The normalized spacial score (nSPS) is 20.6. The van der Waals surface area contributed by atoms with Crippen molar-refractivity contribution in [1.29, 1.82) is 0 Å². The fraction of sp³-hybridized carbons (Fsp3) is 0.833. The van der Waals surface area contributed by atoms with Gasteiger partial charge in [-0.15, -0.1) is 0 Å². The Balaban J connectivity index is 2.71. The zero-order valence-corrected chi connectivity index (χ0v) is 16.1. The molecule has 1 rings (SSSR count). The predicted octanol–water partition coefficient (Wildman–Crippen LogP) is 1.76. The van der Waals surface area contributed by atoms with Gasteiger partial charge in [-0.05, 0) is 30.8 Å². The first kappa shape index (κ1) is 21.9. The molecule has 0 aromatic carbocycles. The second-order valence-electron chi connectivity index (χ2n) is 6.61. The number of hydrogen-bond acceptors (Lipinski definition) is 6. The molecule has 2 atom stereocenters. The molecule has 25 heavy (non-hydrogen) atoms. The van der Waals surface area contributed by atoms with Crippen LogP contribution in [0.1, 0.15) is 33.1 Å². The van der Waals surface area contributed by atoms with Gasteiger partial charge >= 0.3 is 0 Å². The fourth-order valence-electron chi connectivity index (χ4n) is 2.57. The van der Waals surface area contributed by atoms with Gasteiger partial charge in [-0.1, -0.05) is 13.8 Å². The minimum Gasteiger partial charge on any atom is -0.459 e. The van der Waals surface area contributed by atoms with E-state index in [9.17, 15) is 4.79 Å². The number of allylic oxidation sites excluding steroid dienone is 1. The summed E-state index contributed by atoms with van der Waals surface area (Å²) >= 11 is 0. The molecule has 0 saturated carbocycles. The maximum absolute atomic E-state index is 12.7. The van der Waals surface area contributed by atoms with Crippen molar-refractivity contribution in [3.63, 3.8) is 0 Å². The lowest BCUT2D eigenvalue weighted by molar-refractivity contribution is -0.161. The van der Waals surface area contributed by atoms with Crippen molar-refractivity contribution >= 4 is 5.91 Å². The molecule has 1 aliphatic heterocycles. The van der Waals surface area contributed by atoms with Gasteiger partial charge in [0.1, 0.15) is 0 Å². The molecule has 0 aromatic rings. The summed E-state index contributed by atoms with van der Waals surface area (Å²) in [4.78, 5) is 14.2. The van der Waals surface area contributed by atoms with Crippen molar-refractivity contribution < 1.29 is 28.8 Å². The zero-order chi connectivity index (χ0) is 18.8. The standard InChI is InChI=1S/C18H33NO6/c1-13(2)14-10-15(18(21)19(3)12-17(22-4)23-5)25-16(11-14)24-9-7-6-8-20/h10,13-14,16-17,20H,6-9,11-12H2,1-5H3/t14-,16+/m1/s1. The Morgan fingerprint density at radius 2 is 2.04 bits per heavy atom. The molecule has 1 N–H and O–H groups in total. The molecule has 0 aliphatic carbocycles. The molecule has 0 unspecified atom stereocenters. The first-order valence-corrected chi connectivity index (χ1v) is 8.84. The van der Waals surface area contributed by atoms with E-state index in [1.54, 1.807) is 7.05 Å². The van der Waals surface area contributed by atoms with Crippen LogP contribution in [0, 0.1) is 11.8 Å². The number of carbonyl (C=O) groups is 1. The van der Waals surface area contributed by atoms with Crippen LogP contribution in [0.3, 0.4) is 0 Å². The van der Waals surface area contributed by atoms with Crippen LogP contribution in [0.5, 0.6) is 0 Å². The van der Waals surface area contributed by atoms with Gasteiger partial charge in [-0.25, -0.2) is 0 Å². The van der Waals surface area contributed by atoms with Gasteiger partial charge in [-0.3, -0.25) is 4.79 Å². The molecule has 7 nitrogen and oxygen atoms in total. The third kappa shape index (κ3) is 7.32. The Morgan fingerprint density at radius 3 is 2.60 bits per heavy atom. The van der Waals surface area contributed by atoms with E-state index in [1.165, 1.54) is 19.1 Å². The van der Waals surface area contributed by atoms with Gasteiger partial charge in [0, 0.05) is 34.3 Å². The molecular formula is C18H33NO6. The van der Waals surface area contributed by atoms with Crippen LogP contribution >= 0.6 is 0 Å². The molecular weight excluding hydrogens is 326 g/mol. The molecule has 0 fully saturated rings. The van der Waals surface area contributed by atoms with Crippen LogP contribution < -0.4 is 0 Å². The highest BCUT2D eigenvalue weighted by molar-refractivity contribution is 5.91. The van der Waals surface area contributed by atoms with Gasteiger partial charge in [0.2, 0.25) is 6.29 Å². The van der Waals surface area contributed by atoms with Crippen LogP contribution in [0.4, 0.5) is 0 Å². The second kappa shape index (κ2) is 11.5. The van der Waals surface area contributed by atoms with Crippen molar-refractivity contribution in [2.75, 3.05) is 41.0 Å². The first-order chi connectivity index (χ1) is 11.9. The topological polar surface area (TPSA) is 77.5 Å². The fourth-order valence-corrected chi connectivity index (χ4v) is 2.57. The van der Waals surface area contributed by atoms with Gasteiger partial charge < -0.3 is 29.0 Å². The minimum absolute atomic E-state index is 0.151. The van der Waals surface area contributed by atoms with E-state index >= 15 is 0 Å². The van der Waals surface area contributed by atoms with Crippen molar-refractivity contribution in [3.8, 4) is 0 Å². The highest BCUT2D eigenvalue weighted by Crippen LogP contribution is 2.29. The van der Waals surface area contributed by atoms with E-state index in [0.717, 1.165) is 12.8 Å². The number of unbranched alkanes of at least 4 members (excludes halogenated alkanes) is 1. The van der Waals surface area contributed by atoms with E-state index in [-0.39, 0.29) is 18.4 Å². The lowest BCUT2D eigenvalue weighted by atomic mass is 9.90. The summed E-state index contributed by atoms with van der Waals surface area (Å²) in [6.07, 6.45) is 3.15. The van der Waals surface area contributed by atoms with Gasteiger partial charge in [0.25, 0.3) is 5.91 Å². The third-order valence-electron chi connectivity index (χ3n) is 4.31. The van der Waals surface area contributed by atoms with Crippen LogP contribution in [-0.2, 0) is 23.7 Å². The number of rotatable bonds is 11. The Kier molecular flexibility index (Phi) is 10.0. The summed E-state index contributed by atoms with van der Waals surface area (Å²) in [6.45, 7) is 5.20. The maximum atomic E-state index is 12.7. The number of carbonyl (C=O) groups excluding carboxylic acids is 1. The van der Waals surface area contributed by atoms with Crippen LogP contribution in [0.15, 0.2) is 11.8 Å². The van der Waals surface area contributed by atoms with Crippen molar-refractivity contribution in [1.82, 2.24) is 4.90 Å².